The molecule has 0 bridgehead atoms. The van der Waals surface area contributed by atoms with Gasteiger partial charge in [-0.1, -0.05) is 29.8 Å². The lowest BCUT2D eigenvalue weighted by molar-refractivity contribution is 0.781. The van der Waals surface area contributed by atoms with Crippen molar-refractivity contribution in [3.63, 3.8) is 0 Å². The molecule has 128 valence electrons. The van der Waals surface area contributed by atoms with E-state index in [0.29, 0.717) is 54.8 Å². The van der Waals surface area contributed by atoms with E-state index in [-0.39, 0.29) is 0 Å². The summed E-state index contributed by atoms with van der Waals surface area (Å²) in [5.74, 6) is 1.01. The van der Waals surface area contributed by atoms with E-state index in [2.05, 4.69) is 27.4 Å². The van der Waals surface area contributed by atoms with E-state index in [0.717, 1.165) is 5.56 Å². The van der Waals surface area contributed by atoms with E-state index in [4.69, 9.17) is 27.9 Å². The molecule has 0 unspecified atom stereocenters. The Bertz CT molecular complexity index is 776. The number of benzene rings is 1. The monoisotopic (exact) mass is 355 g/mol. The SMILES string of the molecule is N#CCCN(CCC#N)c1ncnc(NCc2ccccc2Cl)c1N. The lowest BCUT2D eigenvalue weighted by atomic mass is 10.2. The molecule has 7 nitrogen and oxygen atoms in total. The molecule has 0 radical (unpaired) electrons. The zero-order valence-electron chi connectivity index (χ0n) is 13.6. The molecule has 0 saturated carbocycles. The molecule has 0 amide bonds. The largest absolute Gasteiger partial charge is 0.393 e. The van der Waals surface area contributed by atoms with E-state index >= 15 is 0 Å². The summed E-state index contributed by atoms with van der Waals surface area (Å²) in [7, 11) is 0. The second kappa shape index (κ2) is 9.31. The number of nitrogen functional groups attached to an aromatic ring is 1. The van der Waals surface area contributed by atoms with Crippen LogP contribution in [0, 0.1) is 22.7 Å². The van der Waals surface area contributed by atoms with Crippen molar-refractivity contribution in [1.29, 1.82) is 10.5 Å². The molecule has 1 aromatic carbocycles. The van der Waals surface area contributed by atoms with Crippen molar-refractivity contribution in [1.82, 2.24) is 9.97 Å². The zero-order chi connectivity index (χ0) is 18.1. The summed E-state index contributed by atoms with van der Waals surface area (Å²) in [6.45, 7) is 1.36. The van der Waals surface area contributed by atoms with Crippen LogP contribution in [0.15, 0.2) is 30.6 Å². The Balaban J connectivity index is 2.18. The molecule has 25 heavy (non-hydrogen) atoms. The average molecular weight is 356 g/mol. The van der Waals surface area contributed by atoms with Crippen LogP contribution in [-0.4, -0.2) is 23.1 Å². The average Bonchev–Trinajstić information content (AvgIpc) is 2.63. The maximum atomic E-state index is 8.82. The number of rotatable bonds is 8. The highest BCUT2D eigenvalue weighted by Crippen LogP contribution is 2.27. The van der Waals surface area contributed by atoms with Crippen molar-refractivity contribution in [3.8, 4) is 12.1 Å². The predicted molar refractivity (Wildman–Crippen MR) is 97.9 cm³/mol. The minimum Gasteiger partial charge on any atom is -0.393 e. The molecule has 0 spiro atoms. The first-order valence-electron chi connectivity index (χ1n) is 7.74. The van der Waals surface area contributed by atoms with Gasteiger partial charge in [0.25, 0.3) is 0 Å². The van der Waals surface area contributed by atoms with Crippen molar-refractivity contribution in [2.45, 2.75) is 19.4 Å². The predicted octanol–water partition coefficient (Wildman–Crippen LogP) is 2.96. The normalized spacial score (nSPS) is 9.88. The fourth-order valence-corrected chi connectivity index (χ4v) is 2.50. The number of halogens is 1. The number of nitriles is 2. The van der Waals surface area contributed by atoms with Gasteiger partial charge in [-0.05, 0) is 11.6 Å². The van der Waals surface area contributed by atoms with Crippen LogP contribution >= 0.6 is 11.6 Å². The molecule has 0 aliphatic rings. The molecule has 0 aliphatic carbocycles. The topological polar surface area (TPSA) is 115 Å². The molecule has 0 fully saturated rings. The highest BCUT2D eigenvalue weighted by Gasteiger charge is 2.15. The van der Waals surface area contributed by atoms with Gasteiger partial charge in [-0.15, -0.1) is 0 Å². The van der Waals surface area contributed by atoms with Crippen molar-refractivity contribution < 1.29 is 0 Å². The van der Waals surface area contributed by atoms with Crippen LogP contribution in [0.25, 0.3) is 0 Å². The fourth-order valence-electron chi connectivity index (χ4n) is 2.29. The minimum absolute atomic E-state index is 0.317. The Hall–Kier alpha value is -3.03. The molecule has 0 atom stereocenters. The number of hydrogen-bond acceptors (Lipinski definition) is 7. The summed E-state index contributed by atoms with van der Waals surface area (Å²) in [5.41, 5.74) is 7.51. The van der Waals surface area contributed by atoms with E-state index < -0.39 is 0 Å². The summed E-state index contributed by atoms with van der Waals surface area (Å²) in [6.07, 6.45) is 2.04. The number of hydrogen-bond donors (Lipinski definition) is 2. The third kappa shape index (κ3) is 4.97. The van der Waals surface area contributed by atoms with Gasteiger partial charge in [0, 0.05) is 24.7 Å². The first kappa shape index (κ1) is 18.3. The first-order chi connectivity index (χ1) is 12.2. The molecule has 2 aromatic rings. The Morgan fingerprint density at radius 2 is 1.80 bits per heavy atom. The molecule has 0 saturated heterocycles. The zero-order valence-corrected chi connectivity index (χ0v) is 14.4. The molecular weight excluding hydrogens is 338 g/mol. The van der Waals surface area contributed by atoms with Gasteiger partial charge in [-0.2, -0.15) is 10.5 Å². The summed E-state index contributed by atoms with van der Waals surface area (Å²) >= 11 is 6.15. The summed E-state index contributed by atoms with van der Waals surface area (Å²) in [5, 5.41) is 21.5. The van der Waals surface area contributed by atoms with Crippen molar-refractivity contribution in [2.24, 2.45) is 0 Å². The lowest BCUT2D eigenvalue weighted by Crippen LogP contribution is -2.27. The van der Waals surface area contributed by atoms with Gasteiger partial charge in [0.05, 0.1) is 25.0 Å². The van der Waals surface area contributed by atoms with Gasteiger partial charge >= 0.3 is 0 Å². The molecule has 8 heteroatoms. The van der Waals surface area contributed by atoms with Crippen LogP contribution in [-0.2, 0) is 6.54 Å². The third-order valence-electron chi connectivity index (χ3n) is 3.55. The fraction of sp³-hybridized carbons (Fsp3) is 0.294. The highest BCUT2D eigenvalue weighted by atomic mass is 35.5. The second-order valence-electron chi connectivity index (χ2n) is 5.21. The van der Waals surface area contributed by atoms with E-state index in [1.165, 1.54) is 6.33 Å². The van der Waals surface area contributed by atoms with Gasteiger partial charge in [0.15, 0.2) is 11.6 Å². The lowest BCUT2D eigenvalue weighted by Gasteiger charge is -2.23. The quantitative estimate of drug-likeness (QED) is 0.747. The maximum absolute atomic E-state index is 8.82. The van der Waals surface area contributed by atoms with Gasteiger partial charge in [0.2, 0.25) is 0 Å². The molecular formula is C17H18ClN7. The number of nitrogens with zero attached hydrogens (tertiary/aromatic N) is 5. The molecule has 3 N–H and O–H groups in total. The van der Waals surface area contributed by atoms with E-state index in [9.17, 15) is 0 Å². The second-order valence-corrected chi connectivity index (χ2v) is 5.61. The number of nitrogens with two attached hydrogens (primary N) is 1. The maximum Gasteiger partial charge on any atom is 0.157 e. The number of anilines is 3. The van der Waals surface area contributed by atoms with Gasteiger partial charge in [0.1, 0.15) is 12.0 Å². The molecule has 2 rings (SSSR count). The molecule has 1 aromatic heterocycles. The van der Waals surface area contributed by atoms with Gasteiger partial charge in [-0.25, -0.2) is 9.97 Å². The summed E-state index contributed by atoms with van der Waals surface area (Å²) in [4.78, 5) is 10.2. The van der Waals surface area contributed by atoms with Crippen molar-refractivity contribution >= 4 is 28.9 Å². The van der Waals surface area contributed by atoms with Gasteiger partial charge < -0.3 is 16.0 Å². The van der Waals surface area contributed by atoms with Crippen LogP contribution < -0.4 is 16.0 Å². The first-order valence-corrected chi connectivity index (χ1v) is 8.11. The smallest absolute Gasteiger partial charge is 0.157 e. The highest BCUT2D eigenvalue weighted by molar-refractivity contribution is 6.31. The minimum atomic E-state index is 0.317. The number of nitrogens with one attached hydrogen (secondary N) is 1. The Labute approximate surface area is 151 Å². The summed E-state index contributed by atoms with van der Waals surface area (Å²) in [6, 6.07) is 11.7. The molecule has 0 aliphatic heterocycles. The number of aromatic nitrogens is 2. The van der Waals surface area contributed by atoms with Crippen LogP contribution in [0.1, 0.15) is 18.4 Å². The Kier molecular flexibility index (Phi) is 6.82. The van der Waals surface area contributed by atoms with Crippen molar-refractivity contribution in [3.05, 3.63) is 41.2 Å². The van der Waals surface area contributed by atoms with Crippen LogP contribution in [0.4, 0.5) is 17.3 Å². The van der Waals surface area contributed by atoms with Gasteiger partial charge in [-0.3, -0.25) is 0 Å². The Morgan fingerprint density at radius 3 is 2.44 bits per heavy atom. The summed E-state index contributed by atoms with van der Waals surface area (Å²) < 4.78 is 0. The van der Waals surface area contributed by atoms with Crippen LogP contribution in [0.3, 0.4) is 0 Å². The molecule has 1 heterocycles. The Morgan fingerprint density at radius 1 is 1.12 bits per heavy atom. The third-order valence-corrected chi connectivity index (χ3v) is 3.92. The van der Waals surface area contributed by atoms with Crippen LogP contribution in [0.2, 0.25) is 5.02 Å². The van der Waals surface area contributed by atoms with E-state index in [1.54, 1.807) is 0 Å². The van der Waals surface area contributed by atoms with Crippen molar-refractivity contribution in [2.75, 3.05) is 29.0 Å². The standard InChI is InChI=1S/C17H18ClN7/c18-14-6-2-1-5-13(14)11-22-16-15(21)17(24-12-23-16)25(9-3-7-19)10-4-8-20/h1-2,5-6,12H,3-4,9-11,21H2,(H,22,23,24). The van der Waals surface area contributed by atoms with Crippen LogP contribution in [0.5, 0.6) is 0 Å². The van der Waals surface area contributed by atoms with E-state index in [1.807, 2.05) is 29.2 Å².